The molecule has 3 rings (SSSR count). The van der Waals surface area contributed by atoms with E-state index < -0.39 is 6.10 Å². The Hall–Kier alpha value is -2.24. The molecule has 136 valence electrons. The summed E-state index contributed by atoms with van der Waals surface area (Å²) in [6.45, 7) is 2.37. The first kappa shape index (κ1) is 18.5. The Balaban J connectivity index is 1.61. The van der Waals surface area contributed by atoms with Gasteiger partial charge in [0.1, 0.15) is 5.75 Å². The lowest BCUT2D eigenvalue weighted by atomic mass is 10.2. The van der Waals surface area contributed by atoms with Crippen LogP contribution in [0.15, 0.2) is 42.5 Å². The quantitative estimate of drug-likeness (QED) is 0.812. The van der Waals surface area contributed by atoms with Crippen molar-refractivity contribution in [3.8, 4) is 5.75 Å². The number of rotatable bonds is 5. The SMILES string of the molecule is C[C@@H](Oc1ccc(Cl)cc1Cl)C(=O)Nc1ccc(N2CCCC2=O)cc1. The maximum Gasteiger partial charge on any atom is 0.265 e. The van der Waals surface area contributed by atoms with Gasteiger partial charge >= 0.3 is 0 Å². The maximum absolute atomic E-state index is 12.3. The van der Waals surface area contributed by atoms with Crippen molar-refractivity contribution in [2.24, 2.45) is 0 Å². The number of nitrogens with zero attached hydrogens (tertiary/aromatic N) is 1. The molecule has 2 aromatic rings. The van der Waals surface area contributed by atoms with E-state index in [-0.39, 0.29) is 11.8 Å². The molecule has 7 heteroatoms. The van der Waals surface area contributed by atoms with Crippen molar-refractivity contribution >= 4 is 46.4 Å². The van der Waals surface area contributed by atoms with Crippen LogP contribution in [0.3, 0.4) is 0 Å². The first-order valence-corrected chi connectivity index (χ1v) is 9.02. The number of hydrogen-bond donors (Lipinski definition) is 1. The minimum atomic E-state index is -0.742. The first-order valence-electron chi connectivity index (χ1n) is 8.27. The molecule has 2 amide bonds. The van der Waals surface area contributed by atoms with E-state index in [0.717, 1.165) is 18.7 Å². The molecule has 2 aromatic carbocycles. The molecule has 0 aromatic heterocycles. The summed E-state index contributed by atoms with van der Waals surface area (Å²) in [5.41, 5.74) is 1.46. The second kappa shape index (κ2) is 7.98. The molecule has 1 saturated heterocycles. The van der Waals surface area contributed by atoms with Gasteiger partial charge in [-0.05, 0) is 55.8 Å². The van der Waals surface area contributed by atoms with Gasteiger partial charge in [0.25, 0.3) is 5.91 Å². The molecule has 1 fully saturated rings. The van der Waals surface area contributed by atoms with Gasteiger partial charge in [-0.15, -0.1) is 0 Å². The molecule has 0 aliphatic carbocycles. The summed E-state index contributed by atoms with van der Waals surface area (Å²) in [7, 11) is 0. The molecule has 1 aliphatic heterocycles. The van der Waals surface area contributed by atoms with E-state index in [1.165, 1.54) is 0 Å². The fourth-order valence-corrected chi connectivity index (χ4v) is 3.16. The first-order chi connectivity index (χ1) is 12.4. The van der Waals surface area contributed by atoms with Gasteiger partial charge < -0.3 is 15.0 Å². The summed E-state index contributed by atoms with van der Waals surface area (Å²) in [4.78, 5) is 25.8. The van der Waals surface area contributed by atoms with Crippen molar-refractivity contribution in [3.05, 3.63) is 52.5 Å². The van der Waals surface area contributed by atoms with Gasteiger partial charge in [-0.3, -0.25) is 9.59 Å². The van der Waals surface area contributed by atoms with Gasteiger partial charge in [-0.25, -0.2) is 0 Å². The smallest absolute Gasteiger partial charge is 0.265 e. The largest absolute Gasteiger partial charge is 0.479 e. The molecule has 1 heterocycles. The zero-order chi connectivity index (χ0) is 18.7. The summed E-state index contributed by atoms with van der Waals surface area (Å²) in [6.07, 6.45) is 0.716. The highest BCUT2D eigenvalue weighted by Crippen LogP contribution is 2.28. The average molecular weight is 393 g/mol. The van der Waals surface area contributed by atoms with E-state index in [1.807, 2.05) is 12.1 Å². The van der Waals surface area contributed by atoms with Crippen molar-refractivity contribution in [3.63, 3.8) is 0 Å². The monoisotopic (exact) mass is 392 g/mol. The molecular weight excluding hydrogens is 375 g/mol. The topological polar surface area (TPSA) is 58.6 Å². The zero-order valence-electron chi connectivity index (χ0n) is 14.2. The van der Waals surface area contributed by atoms with Crippen molar-refractivity contribution in [1.82, 2.24) is 0 Å². The van der Waals surface area contributed by atoms with Crippen LogP contribution < -0.4 is 15.0 Å². The third-order valence-corrected chi connectivity index (χ3v) is 4.62. The number of benzene rings is 2. The van der Waals surface area contributed by atoms with Crippen LogP contribution in [0.1, 0.15) is 19.8 Å². The van der Waals surface area contributed by atoms with Crippen LogP contribution in [0, 0.1) is 0 Å². The highest BCUT2D eigenvalue weighted by atomic mass is 35.5. The molecule has 0 spiro atoms. The Morgan fingerprint density at radius 2 is 1.92 bits per heavy atom. The zero-order valence-corrected chi connectivity index (χ0v) is 15.7. The predicted octanol–water partition coefficient (Wildman–Crippen LogP) is 4.53. The van der Waals surface area contributed by atoms with Gasteiger partial charge in [0.2, 0.25) is 5.91 Å². The van der Waals surface area contributed by atoms with Crippen molar-refractivity contribution in [2.75, 3.05) is 16.8 Å². The molecule has 1 aliphatic rings. The number of nitrogens with one attached hydrogen (secondary N) is 1. The number of anilines is 2. The third kappa shape index (κ3) is 4.29. The molecule has 0 bridgehead atoms. The van der Waals surface area contributed by atoms with Gasteiger partial charge in [0.15, 0.2) is 6.10 Å². The van der Waals surface area contributed by atoms with Crippen LogP contribution in [0.4, 0.5) is 11.4 Å². The lowest BCUT2D eigenvalue weighted by Gasteiger charge is -2.17. The van der Waals surface area contributed by atoms with E-state index >= 15 is 0 Å². The fraction of sp³-hybridized carbons (Fsp3) is 0.263. The number of halogens is 2. The van der Waals surface area contributed by atoms with Crippen LogP contribution in [-0.2, 0) is 9.59 Å². The molecular formula is C19H18Cl2N2O3. The second-order valence-corrected chi connectivity index (χ2v) is 6.86. The molecule has 1 atom stereocenters. The Kier molecular flexibility index (Phi) is 5.69. The molecule has 0 saturated carbocycles. The van der Waals surface area contributed by atoms with E-state index in [1.54, 1.807) is 42.2 Å². The number of ether oxygens (including phenoxy) is 1. The summed E-state index contributed by atoms with van der Waals surface area (Å²) in [5.74, 6) is 0.214. The Morgan fingerprint density at radius 1 is 1.19 bits per heavy atom. The standard InChI is InChI=1S/C19H18Cl2N2O3/c1-12(26-17-9-4-13(20)11-16(17)21)19(25)22-14-5-7-15(8-6-14)23-10-2-3-18(23)24/h4-9,11-12H,2-3,10H2,1H3,(H,22,25)/t12-/m1/s1. The van der Waals surface area contributed by atoms with Gasteiger partial charge in [-0.1, -0.05) is 23.2 Å². The number of amides is 2. The Morgan fingerprint density at radius 3 is 2.54 bits per heavy atom. The highest BCUT2D eigenvalue weighted by Gasteiger charge is 2.22. The minimum Gasteiger partial charge on any atom is -0.479 e. The predicted molar refractivity (Wildman–Crippen MR) is 103 cm³/mol. The second-order valence-electron chi connectivity index (χ2n) is 6.02. The van der Waals surface area contributed by atoms with Crippen molar-refractivity contribution < 1.29 is 14.3 Å². The third-order valence-electron chi connectivity index (χ3n) is 4.09. The summed E-state index contributed by atoms with van der Waals surface area (Å²) in [5, 5.41) is 3.63. The summed E-state index contributed by atoms with van der Waals surface area (Å²) in [6, 6.07) is 12.0. The van der Waals surface area contributed by atoms with E-state index in [2.05, 4.69) is 5.32 Å². The molecule has 0 radical (unpaired) electrons. The van der Waals surface area contributed by atoms with Crippen molar-refractivity contribution in [1.29, 1.82) is 0 Å². The normalized spacial score (nSPS) is 15.0. The summed E-state index contributed by atoms with van der Waals surface area (Å²) >= 11 is 11.9. The fourth-order valence-electron chi connectivity index (χ4n) is 2.70. The molecule has 5 nitrogen and oxygen atoms in total. The van der Waals surface area contributed by atoms with Gasteiger partial charge in [0.05, 0.1) is 5.02 Å². The highest BCUT2D eigenvalue weighted by molar-refractivity contribution is 6.35. The molecule has 1 N–H and O–H groups in total. The van der Waals surface area contributed by atoms with E-state index in [0.29, 0.717) is 27.9 Å². The molecule has 26 heavy (non-hydrogen) atoms. The minimum absolute atomic E-state index is 0.128. The lowest BCUT2D eigenvalue weighted by molar-refractivity contribution is -0.122. The van der Waals surface area contributed by atoms with Crippen LogP contribution >= 0.6 is 23.2 Å². The number of hydrogen-bond acceptors (Lipinski definition) is 3. The van der Waals surface area contributed by atoms with Gasteiger partial charge in [0, 0.05) is 29.4 Å². The Bertz CT molecular complexity index is 824. The lowest BCUT2D eigenvalue weighted by Crippen LogP contribution is -2.30. The average Bonchev–Trinajstić information content (AvgIpc) is 3.04. The van der Waals surface area contributed by atoms with Crippen LogP contribution in [0.5, 0.6) is 5.75 Å². The molecule has 0 unspecified atom stereocenters. The maximum atomic E-state index is 12.3. The van der Waals surface area contributed by atoms with Crippen LogP contribution in [0.2, 0.25) is 10.0 Å². The number of carbonyl (C=O) groups is 2. The van der Waals surface area contributed by atoms with Crippen molar-refractivity contribution in [2.45, 2.75) is 25.9 Å². The van der Waals surface area contributed by atoms with Crippen LogP contribution in [-0.4, -0.2) is 24.5 Å². The summed E-state index contributed by atoms with van der Waals surface area (Å²) < 4.78 is 5.60. The Labute approximate surface area is 161 Å². The van der Waals surface area contributed by atoms with Gasteiger partial charge in [-0.2, -0.15) is 0 Å². The van der Waals surface area contributed by atoms with E-state index in [4.69, 9.17) is 27.9 Å². The van der Waals surface area contributed by atoms with Crippen LogP contribution in [0.25, 0.3) is 0 Å². The number of carbonyl (C=O) groups excluding carboxylic acids is 2. The van der Waals surface area contributed by atoms with E-state index in [9.17, 15) is 9.59 Å².